The van der Waals surface area contributed by atoms with Crippen LogP contribution in [-0.2, 0) is 5.41 Å². The summed E-state index contributed by atoms with van der Waals surface area (Å²) in [6, 6.07) is 20.0. The molecule has 18 heavy (non-hydrogen) atoms. The first-order valence-electron chi connectivity index (χ1n) is 6.36. The molecular formula is C17H16O. The van der Waals surface area contributed by atoms with Crippen LogP contribution in [0.25, 0.3) is 0 Å². The lowest BCUT2D eigenvalue weighted by molar-refractivity contribution is 0.0959. The minimum Gasteiger partial charge on any atom is -0.294 e. The molecule has 1 heteroatoms. The van der Waals surface area contributed by atoms with Gasteiger partial charge in [0, 0.05) is 16.9 Å². The number of hydrogen-bond acceptors (Lipinski definition) is 1. The number of hydrogen-bond donors (Lipinski definition) is 0. The molecule has 0 amide bonds. The van der Waals surface area contributed by atoms with Gasteiger partial charge < -0.3 is 0 Å². The van der Waals surface area contributed by atoms with Crippen LogP contribution in [0.3, 0.4) is 0 Å². The van der Waals surface area contributed by atoms with E-state index in [4.69, 9.17) is 0 Å². The van der Waals surface area contributed by atoms with E-state index >= 15 is 0 Å². The highest BCUT2D eigenvalue weighted by molar-refractivity contribution is 6.01. The van der Waals surface area contributed by atoms with Gasteiger partial charge in [0.2, 0.25) is 0 Å². The van der Waals surface area contributed by atoms with E-state index in [1.807, 2.05) is 48.5 Å². The Bertz CT molecular complexity index is 559. The molecule has 1 aliphatic carbocycles. The molecule has 1 fully saturated rings. The van der Waals surface area contributed by atoms with Crippen molar-refractivity contribution >= 4 is 5.78 Å². The van der Waals surface area contributed by atoms with Crippen molar-refractivity contribution in [3.05, 3.63) is 71.8 Å². The number of ketones is 1. The lowest BCUT2D eigenvalue weighted by Crippen LogP contribution is -2.12. The highest BCUT2D eigenvalue weighted by Gasteiger charge is 2.55. The zero-order valence-electron chi connectivity index (χ0n) is 10.5. The molecule has 1 aliphatic rings. The Balaban J connectivity index is 1.84. The van der Waals surface area contributed by atoms with Gasteiger partial charge in [-0.1, -0.05) is 67.6 Å². The third kappa shape index (κ3) is 1.76. The summed E-state index contributed by atoms with van der Waals surface area (Å²) >= 11 is 0. The Kier molecular flexibility index (Phi) is 2.55. The molecule has 1 nitrogen and oxygen atoms in total. The molecule has 2 aromatic carbocycles. The Hall–Kier alpha value is -1.89. The van der Waals surface area contributed by atoms with Crippen molar-refractivity contribution in [3.63, 3.8) is 0 Å². The first-order valence-corrected chi connectivity index (χ1v) is 6.36. The van der Waals surface area contributed by atoms with Crippen LogP contribution in [0, 0.1) is 5.92 Å². The smallest absolute Gasteiger partial charge is 0.166 e. The molecule has 0 bridgehead atoms. The molecule has 0 saturated heterocycles. The molecule has 0 N–H and O–H groups in total. The number of carbonyl (C=O) groups excluding carboxylic acids is 1. The molecule has 0 aromatic heterocycles. The van der Waals surface area contributed by atoms with Crippen molar-refractivity contribution in [2.24, 2.45) is 5.92 Å². The van der Waals surface area contributed by atoms with Crippen LogP contribution in [-0.4, -0.2) is 5.78 Å². The van der Waals surface area contributed by atoms with Gasteiger partial charge in [0.05, 0.1) is 0 Å². The second-order valence-corrected chi connectivity index (χ2v) is 5.27. The third-order valence-corrected chi connectivity index (χ3v) is 4.05. The predicted octanol–water partition coefficient (Wildman–Crippen LogP) is 3.85. The molecule has 2 aromatic rings. The summed E-state index contributed by atoms with van der Waals surface area (Å²) in [5.41, 5.74) is 2.15. The molecule has 1 saturated carbocycles. The maximum Gasteiger partial charge on any atom is 0.166 e. The molecule has 0 spiro atoms. The van der Waals surface area contributed by atoms with Gasteiger partial charge in [0.1, 0.15) is 0 Å². The third-order valence-electron chi connectivity index (χ3n) is 4.05. The van der Waals surface area contributed by atoms with E-state index in [0.717, 1.165) is 12.0 Å². The topological polar surface area (TPSA) is 17.1 Å². The van der Waals surface area contributed by atoms with Gasteiger partial charge in [0.25, 0.3) is 0 Å². The second kappa shape index (κ2) is 4.09. The molecule has 1 unspecified atom stereocenters. The zero-order chi connectivity index (χ0) is 12.6. The van der Waals surface area contributed by atoms with Crippen LogP contribution in [0.4, 0.5) is 0 Å². The monoisotopic (exact) mass is 236 g/mol. The Morgan fingerprint density at radius 2 is 1.56 bits per heavy atom. The van der Waals surface area contributed by atoms with E-state index in [2.05, 4.69) is 19.1 Å². The van der Waals surface area contributed by atoms with Gasteiger partial charge in [-0.15, -0.1) is 0 Å². The van der Waals surface area contributed by atoms with E-state index in [0.29, 0.717) is 0 Å². The Labute approximate surface area is 107 Å². The fraction of sp³-hybridized carbons (Fsp3) is 0.235. The van der Waals surface area contributed by atoms with E-state index in [1.165, 1.54) is 5.56 Å². The van der Waals surface area contributed by atoms with Gasteiger partial charge in [0.15, 0.2) is 5.78 Å². The largest absolute Gasteiger partial charge is 0.294 e. The van der Waals surface area contributed by atoms with Gasteiger partial charge in [-0.05, 0) is 12.0 Å². The Morgan fingerprint density at radius 3 is 2.17 bits per heavy atom. The number of benzene rings is 2. The average molecular weight is 236 g/mol. The first-order chi connectivity index (χ1) is 8.72. The second-order valence-electron chi connectivity index (χ2n) is 5.27. The molecule has 2 atom stereocenters. The standard InChI is InChI=1S/C17H16O/c1-17(14-10-6-3-7-11-14)12-15(17)16(18)13-8-4-2-5-9-13/h2-11,15H,12H2,1H3/t15?,17-/m1/s1. The van der Waals surface area contributed by atoms with Crippen molar-refractivity contribution in [2.75, 3.05) is 0 Å². The highest BCUT2D eigenvalue weighted by atomic mass is 16.1. The van der Waals surface area contributed by atoms with E-state index in [9.17, 15) is 4.79 Å². The molecule has 0 radical (unpaired) electrons. The predicted molar refractivity (Wildman–Crippen MR) is 72.7 cm³/mol. The summed E-state index contributed by atoms with van der Waals surface area (Å²) in [6.07, 6.45) is 0.963. The Morgan fingerprint density at radius 1 is 1.00 bits per heavy atom. The van der Waals surface area contributed by atoms with Gasteiger partial charge in [-0.3, -0.25) is 4.79 Å². The van der Waals surface area contributed by atoms with Crippen LogP contribution in [0.2, 0.25) is 0 Å². The molecular weight excluding hydrogens is 220 g/mol. The summed E-state index contributed by atoms with van der Waals surface area (Å²) in [5, 5.41) is 0. The summed E-state index contributed by atoms with van der Waals surface area (Å²) < 4.78 is 0. The van der Waals surface area contributed by atoms with E-state index in [-0.39, 0.29) is 17.1 Å². The molecule has 0 heterocycles. The molecule has 3 rings (SSSR count). The number of carbonyl (C=O) groups is 1. The average Bonchev–Trinajstić information content (AvgIpc) is 3.14. The fourth-order valence-electron chi connectivity index (χ4n) is 2.69. The quantitative estimate of drug-likeness (QED) is 0.740. The lowest BCUT2D eigenvalue weighted by atomic mass is 9.92. The van der Waals surface area contributed by atoms with Crippen molar-refractivity contribution in [1.82, 2.24) is 0 Å². The summed E-state index contributed by atoms with van der Waals surface area (Å²) in [4.78, 5) is 12.4. The minimum atomic E-state index is 0.0359. The molecule has 90 valence electrons. The van der Waals surface area contributed by atoms with E-state index < -0.39 is 0 Å². The SMILES string of the molecule is C[C@]1(c2ccccc2)CC1C(=O)c1ccccc1. The van der Waals surface area contributed by atoms with Gasteiger partial charge in [-0.2, -0.15) is 0 Å². The van der Waals surface area contributed by atoms with Gasteiger partial charge >= 0.3 is 0 Å². The van der Waals surface area contributed by atoms with Crippen LogP contribution in [0.1, 0.15) is 29.3 Å². The highest BCUT2D eigenvalue weighted by Crippen LogP contribution is 2.55. The number of rotatable bonds is 3. The van der Waals surface area contributed by atoms with Crippen molar-refractivity contribution in [2.45, 2.75) is 18.8 Å². The van der Waals surface area contributed by atoms with Crippen LogP contribution < -0.4 is 0 Å². The maximum atomic E-state index is 12.4. The van der Waals surface area contributed by atoms with Gasteiger partial charge in [-0.25, -0.2) is 0 Å². The first kappa shape index (κ1) is 11.2. The summed E-state index contributed by atoms with van der Waals surface area (Å²) in [5.74, 6) is 0.421. The summed E-state index contributed by atoms with van der Waals surface area (Å²) in [7, 11) is 0. The number of Topliss-reactive ketones (excluding diaryl/α,β-unsaturated/α-hetero) is 1. The fourth-order valence-corrected chi connectivity index (χ4v) is 2.69. The zero-order valence-corrected chi connectivity index (χ0v) is 10.5. The van der Waals surface area contributed by atoms with Crippen LogP contribution in [0.5, 0.6) is 0 Å². The van der Waals surface area contributed by atoms with Crippen molar-refractivity contribution in [1.29, 1.82) is 0 Å². The van der Waals surface area contributed by atoms with Crippen molar-refractivity contribution < 1.29 is 4.79 Å². The van der Waals surface area contributed by atoms with E-state index in [1.54, 1.807) is 0 Å². The van der Waals surface area contributed by atoms with Crippen LogP contribution in [0.15, 0.2) is 60.7 Å². The lowest BCUT2D eigenvalue weighted by Gasteiger charge is -2.11. The maximum absolute atomic E-state index is 12.4. The normalized spacial score (nSPS) is 25.7. The molecule has 0 aliphatic heterocycles. The minimum absolute atomic E-state index is 0.0359. The van der Waals surface area contributed by atoms with Crippen LogP contribution >= 0.6 is 0 Å². The van der Waals surface area contributed by atoms with Crippen molar-refractivity contribution in [3.8, 4) is 0 Å². The summed E-state index contributed by atoms with van der Waals surface area (Å²) in [6.45, 7) is 2.19.